The quantitative estimate of drug-likeness (QED) is 0.670. The maximum Gasteiger partial charge on any atom is 0.328 e. The second-order valence-electron chi connectivity index (χ2n) is 6.76. The van der Waals surface area contributed by atoms with Gasteiger partial charge in [0.25, 0.3) is 5.91 Å². The molecule has 1 atom stereocenters. The number of piperidine rings is 3. The predicted molar refractivity (Wildman–Crippen MR) is 98.8 cm³/mol. The molecule has 2 bridgehead atoms. The number of fused-ring (bicyclic) bond motifs is 4. The van der Waals surface area contributed by atoms with Crippen LogP contribution in [0.25, 0.3) is 11.1 Å². The molecule has 3 fully saturated rings. The Kier molecular flexibility index (Phi) is 6.05. The molecule has 0 saturated carbocycles. The van der Waals surface area contributed by atoms with Crippen LogP contribution in [-0.2, 0) is 9.59 Å². The van der Waals surface area contributed by atoms with Crippen molar-refractivity contribution in [1.29, 1.82) is 0 Å². The maximum absolute atomic E-state index is 12.4. The Morgan fingerprint density at radius 2 is 1.82 bits per heavy atom. The van der Waals surface area contributed by atoms with E-state index in [2.05, 4.69) is 15.2 Å². The normalized spacial score (nSPS) is 23.2. The zero-order valence-electron chi connectivity index (χ0n) is 15.1. The smallest absolute Gasteiger partial charge is 0.328 e. The van der Waals surface area contributed by atoms with Crippen LogP contribution in [0.4, 0.5) is 0 Å². The van der Waals surface area contributed by atoms with Crippen LogP contribution in [0.3, 0.4) is 0 Å². The molecule has 0 unspecified atom stereocenters. The van der Waals surface area contributed by atoms with Crippen molar-refractivity contribution >= 4 is 28.9 Å². The molecule has 3 saturated heterocycles. The van der Waals surface area contributed by atoms with Crippen LogP contribution >= 0.6 is 0 Å². The van der Waals surface area contributed by atoms with Gasteiger partial charge in [-0.3, -0.25) is 4.79 Å². The lowest BCUT2D eigenvalue weighted by Crippen LogP contribution is -2.57. The Morgan fingerprint density at radius 3 is 2.39 bits per heavy atom. The molecule has 3 aliphatic heterocycles. The van der Waals surface area contributed by atoms with E-state index < -0.39 is 11.9 Å². The van der Waals surface area contributed by atoms with Crippen molar-refractivity contribution in [2.45, 2.75) is 18.9 Å². The Bertz CT molecular complexity index is 882. The lowest BCUT2D eigenvalue weighted by Gasteiger charge is -2.44. The van der Waals surface area contributed by atoms with Gasteiger partial charge in [0.05, 0.1) is 0 Å². The second kappa shape index (κ2) is 8.66. The Morgan fingerprint density at radius 1 is 1.14 bits per heavy atom. The molecular weight excluding hydrogens is 366 g/mol. The van der Waals surface area contributed by atoms with E-state index >= 15 is 0 Å². The summed E-state index contributed by atoms with van der Waals surface area (Å²) < 4.78 is 5.19. The summed E-state index contributed by atoms with van der Waals surface area (Å²) in [5.41, 5.74) is 2.10. The first kappa shape index (κ1) is 19.6. The third-order valence-corrected chi connectivity index (χ3v) is 4.93. The highest BCUT2D eigenvalue weighted by molar-refractivity contribution is 5.97. The minimum Gasteiger partial charge on any atom is -0.478 e. The fourth-order valence-electron chi connectivity index (χ4n) is 3.52. The highest BCUT2D eigenvalue weighted by Gasteiger charge is 2.34. The Hall–Kier alpha value is -3.20. The van der Waals surface area contributed by atoms with Gasteiger partial charge >= 0.3 is 11.9 Å². The molecule has 0 spiro atoms. The minimum atomic E-state index is -1.26. The van der Waals surface area contributed by atoms with Crippen molar-refractivity contribution in [2.24, 2.45) is 5.92 Å². The molecule has 4 heterocycles. The number of benzene rings is 1. The molecule has 5 rings (SSSR count). The van der Waals surface area contributed by atoms with Crippen LogP contribution in [0.1, 0.15) is 23.2 Å². The standard InChI is InChI=1S/C15H17N3O2.C4H4O4/c19-15(11-1-2-14-12(7-11)16-9-20-14)17-13-8-18-5-3-10(13)4-6-18;5-3(6)1-2-4(7)8/h1-2,7,9-10,13H,3-6,8H2,(H,17,19);1-2H,(H,5,6)(H,7,8)/b;2-1+/t13-;/m0./s1. The van der Waals surface area contributed by atoms with Gasteiger partial charge in [0.15, 0.2) is 12.0 Å². The van der Waals surface area contributed by atoms with Gasteiger partial charge < -0.3 is 24.8 Å². The largest absolute Gasteiger partial charge is 0.478 e. The zero-order valence-corrected chi connectivity index (χ0v) is 15.1. The average molecular weight is 387 g/mol. The molecule has 9 heteroatoms. The lowest BCUT2D eigenvalue weighted by atomic mass is 9.84. The van der Waals surface area contributed by atoms with Crippen LogP contribution in [0.2, 0.25) is 0 Å². The number of rotatable bonds is 4. The topological polar surface area (TPSA) is 133 Å². The van der Waals surface area contributed by atoms with E-state index in [4.69, 9.17) is 14.6 Å². The molecule has 2 aromatic rings. The zero-order chi connectivity index (χ0) is 20.1. The van der Waals surface area contributed by atoms with Gasteiger partial charge in [0.1, 0.15) is 5.52 Å². The molecule has 0 radical (unpaired) electrons. The maximum atomic E-state index is 12.4. The summed E-state index contributed by atoms with van der Waals surface area (Å²) in [6, 6.07) is 5.67. The molecule has 28 heavy (non-hydrogen) atoms. The number of hydrogen-bond donors (Lipinski definition) is 3. The van der Waals surface area contributed by atoms with E-state index in [0.29, 0.717) is 29.2 Å². The van der Waals surface area contributed by atoms with Gasteiger partial charge in [-0.05, 0) is 50.0 Å². The van der Waals surface area contributed by atoms with Crippen molar-refractivity contribution in [2.75, 3.05) is 19.6 Å². The van der Waals surface area contributed by atoms with E-state index in [1.807, 2.05) is 0 Å². The lowest BCUT2D eigenvalue weighted by molar-refractivity contribution is -0.134. The van der Waals surface area contributed by atoms with Crippen molar-refractivity contribution in [1.82, 2.24) is 15.2 Å². The third-order valence-electron chi connectivity index (χ3n) is 4.93. The van der Waals surface area contributed by atoms with Crippen molar-refractivity contribution < 1.29 is 29.0 Å². The number of carboxylic acid groups (broad SMARTS) is 2. The van der Waals surface area contributed by atoms with Crippen LogP contribution in [0.5, 0.6) is 0 Å². The number of nitrogens with one attached hydrogen (secondary N) is 1. The summed E-state index contributed by atoms with van der Waals surface area (Å²) in [4.78, 5) is 38.0. The first-order valence-electron chi connectivity index (χ1n) is 8.93. The minimum absolute atomic E-state index is 0.00588. The Labute approximate surface area is 160 Å². The summed E-state index contributed by atoms with van der Waals surface area (Å²) in [5, 5.41) is 18.8. The van der Waals surface area contributed by atoms with E-state index in [1.165, 1.54) is 32.3 Å². The number of hydrogen-bond acceptors (Lipinski definition) is 6. The van der Waals surface area contributed by atoms with Crippen molar-refractivity contribution in [3.63, 3.8) is 0 Å². The first-order valence-corrected chi connectivity index (χ1v) is 8.93. The molecule has 0 aliphatic carbocycles. The Balaban J connectivity index is 0.000000242. The summed E-state index contributed by atoms with van der Waals surface area (Å²) >= 11 is 0. The van der Waals surface area contributed by atoms with Gasteiger partial charge in [0.2, 0.25) is 0 Å². The van der Waals surface area contributed by atoms with Crippen molar-refractivity contribution in [3.8, 4) is 0 Å². The summed E-state index contributed by atoms with van der Waals surface area (Å²) in [6.07, 6.45) is 4.92. The molecule has 9 nitrogen and oxygen atoms in total. The highest BCUT2D eigenvalue weighted by Crippen LogP contribution is 2.27. The van der Waals surface area contributed by atoms with E-state index in [1.54, 1.807) is 18.2 Å². The van der Waals surface area contributed by atoms with Crippen molar-refractivity contribution in [3.05, 3.63) is 42.3 Å². The molecular formula is C19H21N3O6. The number of carbonyl (C=O) groups is 3. The SMILES string of the molecule is O=C(N[C@H]1CN2CCC1CC2)c1ccc2ocnc2c1.O=C(O)/C=C/C(=O)O. The monoisotopic (exact) mass is 387 g/mol. The molecule has 3 aliphatic rings. The fraction of sp³-hybridized carbons (Fsp3) is 0.368. The summed E-state index contributed by atoms with van der Waals surface area (Å²) in [7, 11) is 0. The van der Waals surface area contributed by atoms with Crippen LogP contribution in [0, 0.1) is 5.92 Å². The van der Waals surface area contributed by atoms with Gasteiger partial charge in [-0.25, -0.2) is 14.6 Å². The number of oxazole rings is 1. The number of carbonyl (C=O) groups excluding carboxylic acids is 1. The molecule has 1 aromatic heterocycles. The van der Waals surface area contributed by atoms with E-state index in [0.717, 1.165) is 12.1 Å². The van der Waals surface area contributed by atoms with Gasteiger partial charge in [-0.15, -0.1) is 0 Å². The van der Waals surface area contributed by atoms with Crippen LogP contribution in [0.15, 0.2) is 41.2 Å². The highest BCUT2D eigenvalue weighted by atomic mass is 16.4. The fourth-order valence-corrected chi connectivity index (χ4v) is 3.52. The second-order valence-corrected chi connectivity index (χ2v) is 6.76. The number of aromatic nitrogens is 1. The first-order chi connectivity index (χ1) is 13.4. The average Bonchev–Trinajstić information content (AvgIpc) is 3.15. The van der Waals surface area contributed by atoms with E-state index in [9.17, 15) is 14.4 Å². The summed E-state index contributed by atoms with van der Waals surface area (Å²) in [6.45, 7) is 3.35. The predicted octanol–water partition coefficient (Wildman–Crippen LogP) is 1.36. The number of amides is 1. The van der Waals surface area contributed by atoms with Gasteiger partial charge in [-0.1, -0.05) is 0 Å². The number of nitrogens with zero attached hydrogens (tertiary/aromatic N) is 2. The molecule has 1 aromatic carbocycles. The number of aliphatic carboxylic acids is 2. The molecule has 3 N–H and O–H groups in total. The van der Waals surface area contributed by atoms with Crippen LogP contribution < -0.4 is 5.32 Å². The molecule has 1 amide bonds. The van der Waals surface area contributed by atoms with Gasteiger partial charge in [0, 0.05) is 30.3 Å². The molecule has 148 valence electrons. The third kappa shape index (κ3) is 4.95. The van der Waals surface area contributed by atoms with E-state index in [-0.39, 0.29) is 11.9 Å². The summed E-state index contributed by atoms with van der Waals surface area (Å²) in [5.74, 6) is -1.88. The van der Waals surface area contributed by atoms with Crippen LogP contribution in [-0.4, -0.2) is 63.6 Å². The van der Waals surface area contributed by atoms with Gasteiger partial charge in [-0.2, -0.15) is 0 Å². The number of carboxylic acids is 2.